The fourth-order valence-corrected chi connectivity index (χ4v) is 4.93. The van der Waals surface area contributed by atoms with Crippen LogP contribution in [-0.4, -0.2) is 107 Å². The van der Waals surface area contributed by atoms with Crippen LogP contribution in [0.5, 0.6) is 0 Å². The van der Waals surface area contributed by atoms with Crippen LogP contribution >= 0.6 is 0 Å². The van der Waals surface area contributed by atoms with Crippen LogP contribution in [0.15, 0.2) is 4.99 Å². The van der Waals surface area contributed by atoms with E-state index < -0.39 is 71.8 Å². The normalized spacial score (nSPS) is 17.6. The van der Waals surface area contributed by atoms with Crippen molar-refractivity contribution in [3.8, 4) is 0 Å². The molecule has 262 valence electrons. The predicted molar refractivity (Wildman–Crippen MR) is 172 cm³/mol. The second kappa shape index (κ2) is 20.2. The van der Waals surface area contributed by atoms with Crippen LogP contribution in [0.1, 0.15) is 79.1 Å². The van der Waals surface area contributed by atoms with Gasteiger partial charge in [0.05, 0.1) is 6.04 Å². The van der Waals surface area contributed by atoms with Gasteiger partial charge in [0, 0.05) is 13.1 Å². The molecule has 0 saturated carbocycles. The van der Waals surface area contributed by atoms with Gasteiger partial charge in [-0.25, -0.2) is 0 Å². The molecule has 0 spiro atoms. The molecule has 1 rings (SSSR count). The monoisotopic (exact) mass is 654 g/mol. The number of nitrogens with one attached hydrogen (secondary N) is 4. The number of rotatable bonds is 20. The third-order valence-electron chi connectivity index (χ3n) is 7.53. The largest absolute Gasteiger partial charge is 0.480 e. The third-order valence-corrected chi connectivity index (χ3v) is 7.53. The van der Waals surface area contributed by atoms with Gasteiger partial charge in [-0.1, -0.05) is 13.8 Å². The third kappa shape index (κ3) is 14.0. The lowest BCUT2D eigenvalue weighted by Crippen LogP contribution is -2.58. The SMILES string of the molecule is CC(C)C[C@H](NC(=O)[C@H](CCCCN)NC(=O)[C@@H](N)CCCN=C(N)N)C(=O)N1CCC[C@H]1C(=O)N[C@@H](C)C(=O)N[C@@H](C)C(=O)O. The number of carbonyl (C=O) groups excluding carboxylic acids is 5. The van der Waals surface area contributed by atoms with E-state index in [1.165, 1.54) is 18.7 Å². The van der Waals surface area contributed by atoms with Gasteiger partial charge in [-0.05, 0) is 77.7 Å². The Labute approximate surface area is 270 Å². The Morgan fingerprint density at radius 1 is 0.848 bits per heavy atom. The molecule has 1 saturated heterocycles. The molecule has 0 aromatic heterocycles. The molecule has 0 aromatic rings. The number of aliphatic carboxylic acids is 1. The van der Waals surface area contributed by atoms with Crippen LogP contribution in [0, 0.1) is 5.92 Å². The molecule has 1 aliphatic heterocycles. The predicted octanol–water partition coefficient (Wildman–Crippen LogP) is -2.40. The van der Waals surface area contributed by atoms with Crippen molar-refractivity contribution < 1.29 is 33.9 Å². The number of hydrogen-bond donors (Lipinski definition) is 9. The minimum absolute atomic E-state index is 0.00649. The highest BCUT2D eigenvalue weighted by Gasteiger charge is 2.39. The number of unbranched alkanes of at least 4 members (excludes halogenated alkanes) is 1. The summed E-state index contributed by atoms with van der Waals surface area (Å²) in [4.78, 5) is 82.1. The van der Waals surface area contributed by atoms with Crippen molar-refractivity contribution in [3.05, 3.63) is 0 Å². The van der Waals surface area contributed by atoms with Gasteiger partial charge in [0.2, 0.25) is 29.5 Å². The standard InChI is InChI=1S/C29H54N10O7/c1-16(2)15-21(27(44)39-14-8-11-22(39)26(43)35-17(3)23(40)36-18(4)28(45)46)38-25(42)20(10-5-6-12-30)37-24(41)19(31)9-7-13-34-29(32)33/h16-22H,5-15,30-31H2,1-4H3,(H,35,43)(H,36,40)(H,37,41)(H,38,42)(H,45,46)(H4,32,33,34)/t17-,18-,19-,20-,21-,22-/m0/s1. The van der Waals surface area contributed by atoms with Crippen LogP contribution in [0.3, 0.4) is 0 Å². The number of carboxylic acids is 1. The Bertz CT molecular complexity index is 1080. The lowest BCUT2D eigenvalue weighted by atomic mass is 10.0. The fraction of sp³-hybridized carbons (Fsp3) is 0.759. The number of carboxylic acid groups (broad SMARTS) is 1. The van der Waals surface area contributed by atoms with E-state index in [1.807, 2.05) is 13.8 Å². The van der Waals surface area contributed by atoms with E-state index in [-0.39, 0.29) is 37.7 Å². The van der Waals surface area contributed by atoms with E-state index in [1.54, 1.807) is 0 Å². The number of hydrogen-bond acceptors (Lipinski definition) is 9. The molecule has 0 radical (unpaired) electrons. The molecule has 0 bridgehead atoms. The number of carbonyl (C=O) groups is 6. The number of guanidine groups is 1. The Morgan fingerprint density at radius 2 is 1.50 bits per heavy atom. The summed E-state index contributed by atoms with van der Waals surface area (Å²) >= 11 is 0. The molecule has 0 aromatic carbocycles. The average Bonchev–Trinajstić information content (AvgIpc) is 3.47. The van der Waals surface area contributed by atoms with Gasteiger partial charge in [-0.2, -0.15) is 0 Å². The first-order valence-electron chi connectivity index (χ1n) is 15.8. The highest BCUT2D eigenvalue weighted by atomic mass is 16.4. The van der Waals surface area contributed by atoms with E-state index in [0.717, 1.165) is 0 Å². The molecule has 1 heterocycles. The van der Waals surface area contributed by atoms with E-state index in [2.05, 4.69) is 26.3 Å². The Hall–Kier alpha value is -3.99. The second-order valence-electron chi connectivity index (χ2n) is 12.1. The first-order chi connectivity index (χ1) is 21.6. The lowest BCUT2D eigenvalue weighted by Gasteiger charge is -2.31. The maximum atomic E-state index is 13.8. The van der Waals surface area contributed by atoms with Crippen molar-refractivity contribution in [2.24, 2.45) is 33.8 Å². The second-order valence-corrected chi connectivity index (χ2v) is 12.1. The first kappa shape index (κ1) is 40.0. The number of nitrogens with two attached hydrogens (primary N) is 4. The minimum Gasteiger partial charge on any atom is -0.480 e. The molecular weight excluding hydrogens is 600 g/mol. The molecule has 13 N–H and O–H groups in total. The van der Waals surface area contributed by atoms with Crippen molar-refractivity contribution in [2.75, 3.05) is 19.6 Å². The van der Waals surface area contributed by atoms with E-state index >= 15 is 0 Å². The molecule has 17 heteroatoms. The quantitative estimate of drug-likeness (QED) is 0.0379. The summed E-state index contributed by atoms with van der Waals surface area (Å²) in [6.07, 6.45) is 3.32. The van der Waals surface area contributed by atoms with Crippen molar-refractivity contribution >= 4 is 41.5 Å². The molecule has 1 aliphatic rings. The van der Waals surface area contributed by atoms with Gasteiger partial charge in [0.25, 0.3) is 0 Å². The van der Waals surface area contributed by atoms with Gasteiger partial charge in [0.15, 0.2) is 5.96 Å². The van der Waals surface area contributed by atoms with Crippen molar-refractivity contribution in [2.45, 2.75) is 115 Å². The summed E-state index contributed by atoms with van der Waals surface area (Å²) in [6, 6.07) is -5.95. The van der Waals surface area contributed by atoms with Crippen LogP contribution in [0.4, 0.5) is 0 Å². The van der Waals surface area contributed by atoms with Crippen LogP contribution in [0.2, 0.25) is 0 Å². The summed E-state index contributed by atoms with van der Waals surface area (Å²) in [6.45, 7) is 7.46. The number of nitrogens with zero attached hydrogens (tertiary/aromatic N) is 2. The summed E-state index contributed by atoms with van der Waals surface area (Å²) < 4.78 is 0. The molecule has 1 fully saturated rings. The summed E-state index contributed by atoms with van der Waals surface area (Å²) in [5.74, 6) is -4.08. The summed E-state index contributed by atoms with van der Waals surface area (Å²) in [5, 5.41) is 19.4. The molecule has 5 amide bonds. The van der Waals surface area contributed by atoms with E-state index in [4.69, 9.17) is 28.0 Å². The van der Waals surface area contributed by atoms with Crippen LogP contribution in [0.25, 0.3) is 0 Å². The zero-order valence-electron chi connectivity index (χ0n) is 27.4. The summed E-state index contributed by atoms with van der Waals surface area (Å²) in [5.41, 5.74) is 22.3. The molecule has 46 heavy (non-hydrogen) atoms. The van der Waals surface area contributed by atoms with Crippen molar-refractivity contribution in [1.29, 1.82) is 0 Å². The molecule has 17 nitrogen and oxygen atoms in total. The lowest BCUT2D eigenvalue weighted by molar-refractivity contribution is -0.143. The Balaban J connectivity index is 3.02. The smallest absolute Gasteiger partial charge is 0.325 e. The topological polar surface area (TPSA) is 290 Å². The van der Waals surface area contributed by atoms with Crippen LogP contribution < -0.4 is 44.2 Å². The van der Waals surface area contributed by atoms with Gasteiger partial charge in [-0.15, -0.1) is 0 Å². The highest BCUT2D eigenvalue weighted by molar-refractivity contribution is 5.96. The Kier molecular flexibility index (Phi) is 17.6. The number of amides is 5. The Morgan fingerprint density at radius 3 is 2.09 bits per heavy atom. The maximum Gasteiger partial charge on any atom is 0.325 e. The zero-order chi connectivity index (χ0) is 35.0. The fourth-order valence-electron chi connectivity index (χ4n) is 4.93. The summed E-state index contributed by atoms with van der Waals surface area (Å²) in [7, 11) is 0. The van der Waals surface area contributed by atoms with Gasteiger partial charge < -0.3 is 54.2 Å². The molecular formula is C29H54N10O7. The first-order valence-corrected chi connectivity index (χ1v) is 15.8. The number of aliphatic imine (C=N–C) groups is 1. The van der Waals surface area contributed by atoms with Crippen molar-refractivity contribution in [3.63, 3.8) is 0 Å². The van der Waals surface area contributed by atoms with E-state index in [0.29, 0.717) is 45.2 Å². The molecule has 6 atom stereocenters. The van der Waals surface area contributed by atoms with Gasteiger partial charge >= 0.3 is 5.97 Å². The zero-order valence-corrected chi connectivity index (χ0v) is 27.4. The van der Waals surface area contributed by atoms with E-state index in [9.17, 15) is 28.8 Å². The molecule has 0 aliphatic carbocycles. The highest BCUT2D eigenvalue weighted by Crippen LogP contribution is 2.21. The van der Waals surface area contributed by atoms with Crippen LogP contribution in [-0.2, 0) is 28.8 Å². The molecule has 0 unspecified atom stereocenters. The maximum absolute atomic E-state index is 13.8. The van der Waals surface area contributed by atoms with Gasteiger partial charge in [0.1, 0.15) is 30.2 Å². The minimum atomic E-state index is -1.22. The van der Waals surface area contributed by atoms with Gasteiger partial charge in [-0.3, -0.25) is 33.8 Å². The average molecular weight is 655 g/mol. The van der Waals surface area contributed by atoms with Crippen molar-refractivity contribution in [1.82, 2.24) is 26.2 Å². The number of likely N-dealkylation sites (tertiary alicyclic amines) is 1.